The lowest BCUT2D eigenvalue weighted by atomic mass is 10.0. The van der Waals surface area contributed by atoms with Crippen molar-refractivity contribution in [2.75, 3.05) is 13.2 Å². The van der Waals surface area contributed by atoms with Crippen molar-refractivity contribution in [3.8, 4) is 0 Å². The van der Waals surface area contributed by atoms with Crippen molar-refractivity contribution < 1.29 is 9.26 Å². The number of aryl methyl sites for hydroxylation is 1. The molecular weight excluding hydrogens is 230 g/mol. The number of ether oxygens (including phenoxy) is 1. The van der Waals surface area contributed by atoms with Gasteiger partial charge in [-0.3, -0.25) is 0 Å². The van der Waals surface area contributed by atoms with E-state index in [1.807, 2.05) is 0 Å². The van der Waals surface area contributed by atoms with E-state index in [0.29, 0.717) is 5.92 Å². The summed E-state index contributed by atoms with van der Waals surface area (Å²) in [6, 6.07) is 0. The average Bonchev–Trinajstić information content (AvgIpc) is 2.99. The third kappa shape index (κ3) is 4.07. The molecule has 1 saturated heterocycles. The third-order valence-corrected chi connectivity index (χ3v) is 3.45. The van der Waals surface area contributed by atoms with Gasteiger partial charge in [0.05, 0.1) is 6.10 Å². The summed E-state index contributed by atoms with van der Waals surface area (Å²) in [6.07, 6.45) is 6.27. The first-order valence-electron chi connectivity index (χ1n) is 6.91. The van der Waals surface area contributed by atoms with Gasteiger partial charge in [0.1, 0.15) is 0 Å². The predicted octanol–water partition coefficient (Wildman–Crippen LogP) is 1.71. The minimum Gasteiger partial charge on any atom is -0.378 e. The van der Waals surface area contributed by atoms with E-state index in [1.54, 1.807) is 0 Å². The molecular formula is C13H23N3O2. The molecule has 0 bridgehead atoms. The van der Waals surface area contributed by atoms with Crippen LogP contribution in [0.3, 0.4) is 0 Å². The third-order valence-electron chi connectivity index (χ3n) is 3.45. The molecule has 1 fully saturated rings. The van der Waals surface area contributed by atoms with E-state index in [2.05, 4.69) is 17.1 Å². The Morgan fingerprint density at radius 3 is 3.06 bits per heavy atom. The van der Waals surface area contributed by atoms with Gasteiger partial charge in [-0.05, 0) is 38.1 Å². The zero-order valence-corrected chi connectivity index (χ0v) is 11.1. The second-order valence-electron chi connectivity index (χ2n) is 5.16. The van der Waals surface area contributed by atoms with Gasteiger partial charge in [0.2, 0.25) is 5.89 Å². The van der Waals surface area contributed by atoms with Gasteiger partial charge in [-0.25, -0.2) is 0 Å². The molecule has 2 atom stereocenters. The first-order chi connectivity index (χ1) is 8.78. The van der Waals surface area contributed by atoms with E-state index in [0.717, 1.165) is 63.4 Å². The van der Waals surface area contributed by atoms with Crippen LogP contribution in [0.1, 0.15) is 44.3 Å². The maximum Gasteiger partial charge on any atom is 0.226 e. The lowest BCUT2D eigenvalue weighted by Gasteiger charge is -2.06. The molecule has 2 N–H and O–H groups in total. The molecule has 5 heteroatoms. The summed E-state index contributed by atoms with van der Waals surface area (Å²) < 4.78 is 10.8. The Labute approximate surface area is 108 Å². The molecule has 102 valence electrons. The molecule has 0 saturated carbocycles. The zero-order valence-electron chi connectivity index (χ0n) is 11.1. The molecule has 1 aromatic heterocycles. The Hall–Kier alpha value is -0.940. The van der Waals surface area contributed by atoms with Crippen LogP contribution in [0.5, 0.6) is 0 Å². The van der Waals surface area contributed by atoms with E-state index in [-0.39, 0.29) is 6.10 Å². The van der Waals surface area contributed by atoms with Gasteiger partial charge in [0.25, 0.3) is 0 Å². The fourth-order valence-electron chi connectivity index (χ4n) is 2.28. The van der Waals surface area contributed by atoms with E-state index >= 15 is 0 Å². The summed E-state index contributed by atoms with van der Waals surface area (Å²) in [4.78, 5) is 4.42. The van der Waals surface area contributed by atoms with Crippen LogP contribution in [0.25, 0.3) is 0 Å². The monoisotopic (exact) mass is 253 g/mol. The Bertz CT molecular complexity index is 348. The molecule has 1 aliphatic heterocycles. The average molecular weight is 253 g/mol. The second kappa shape index (κ2) is 6.85. The van der Waals surface area contributed by atoms with Crippen LogP contribution in [0.15, 0.2) is 4.52 Å². The number of aromatic nitrogens is 2. The molecule has 5 nitrogen and oxygen atoms in total. The summed E-state index contributed by atoms with van der Waals surface area (Å²) in [5.41, 5.74) is 5.53. The lowest BCUT2D eigenvalue weighted by Crippen LogP contribution is -2.10. The minimum absolute atomic E-state index is 0.284. The summed E-state index contributed by atoms with van der Waals surface area (Å²) in [5, 5.41) is 4.01. The molecule has 0 aromatic carbocycles. The maximum atomic E-state index is 5.56. The Kier molecular flexibility index (Phi) is 5.13. The highest BCUT2D eigenvalue weighted by atomic mass is 16.5. The van der Waals surface area contributed by atoms with Crippen molar-refractivity contribution in [3.63, 3.8) is 0 Å². The van der Waals surface area contributed by atoms with E-state index in [1.165, 1.54) is 0 Å². The largest absolute Gasteiger partial charge is 0.378 e. The fraction of sp³-hybridized carbons (Fsp3) is 0.846. The maximum absolute atomic E-state index is 5.56. The molecule has 2 rings (SSSR count). The predicted molar refractivity (Wildman–Crippen MR) is 68.1 cm³/mol. The smallest absolute Gasteiger partial charge is 0.226 e. The standard InChI is InChI=1S/C13H23N3O2/c1-10(6-7-14)4-5-13-15-12(16-18-13)9-11-3-2-8-17-11/h10-11H,2-9,14H2,1H3. The van der Waals surface area contributed by atoms with Gasteiger partial charge in [-0.2, -0.15) is 4.98 Å². The first-order valence-corrected chi connectivity index (χ1v) is 6.91. The molecule has 0 amide bonds. The van der Waals surface area contributed by atoms with Crippen LogP contribution in [0.4, 0.5) is 0 Å². The fourth-order valence-corrected chi connectivity index (χ4v) is 2.28. The van der Waals surface area contributed by atoms with Gasteiger partial charge in [-0.15, -0.1) is 0 Å². The zero-order chi connectivity index (χ0) is 12.8. The van der Waals surface area contributed by atoms with Crippen LogP contribution in [-0.4, -0.2) is 29.4 Å². The quantitative estimate of drug-likeness (QED) is 0.800. The number of hydrogen-bond donors (Lipinski definition) is 1. The molecule has 0 radical (unpaired) electrons. The van der Waals surface area contributed by atoms with Crippen molar-refractivity contribution in [1.29, 1.82) is 0 Å². The van der Waals surface area contributed by atoms with Gasteiger partial charge in [0, 0.05) is 19.4 Å². The van der Waals surface area contributed by atoms with Crippen molar-refractivity contribution in [2.45, 2.75) is 51.6 Å². The molecule has 2 unspecified atom stereocenters. The lowest BCUT2D eigenvalue weighted by molar-refractivity contribution is 0.109. The van der Waals surface area contributed by atoms with Gasteiger partial charge < -0.3 is 15.0 Å². The van der Waals surface area contributed by atoms with Crippen LogP contribution < -0.4 is 5.73 Å². The van der Waals surface area contributed by atoms with Crippen LogP contribution in [0.2, 0.25) is 0 Å². The van der Waals surface area contributed by atoms with Crippen LogP contribution in [-0.2, 0) is 17.6 Å². The van der Waals surface area contributed by atoms with E-state index in [4.69, 9.17) is 15.0 Å². The summed E-state index contributed by atoms with van der Waals surface area (Å²) in [6.45, 7) is 3.82. The van der Waals surface area contributed by atoms with Crippen LogP contribution >= 0.6 is 0 Å². The highest BCUT2D eigenvalue weighted by Gasteiger charge is 2.19. The molecule has 1 aromatic rings. The molecule has 18 heavy (non-hydrogen) atoms. The van der Waals surface area contributed by atoms with Crippen molar-refractivity contribution in [2.24, 2.45) is 11.7 Å². The van der Waals surface area contributed by atoms with E-state index in [9.17, 15) is 0 Å². The van der Waals surface area contributed by atoms with Gasteiger partial charge >= 0.3 is 0 Å². The van der Waals surface area contributed by atoms with Crippen molar-refractivity contribution in [1.82, 2.24) is 10.1 Å². The molecule has 0 spiro atoms. The van der Waals surface area contributed by atoms with E-state index < -0.39 is 0 Å². The molecule has 0 aliphatic carbocycles. The van der Waals surface area contributed by atoms with Gasteiger partial charge in [-0.1, -0.05) is 12.1 Å². The highest BCUT2D eigenvalue weighted by molar-refractivity contribution is 4.90. The highest BCUT2D eigenvalue weighted by Crippen LogP contribution is 2.16. The second-order valence-corrected chi connectivity index (χ2v) is 5.16. The number of hydrogen-bond acceptors (Lipinski definition) is 5. The summed E-state index contributed by atoms with van der Waals surface area (Å²) >= 11 is 0. The summed E-state index contributed by atoms with van der Waals surface area (Å²) in [7, 11) is 0. The Morgan fingerprint density at radius 2 is 2.33 bits per heavy atom. The topological polar surface area (TPSA) is 74.2 Å². The Morgan fingerprint density at radius 1 is 1.44 bits per heavy atom. The normalized spacial score (nSPS) is 21.3. The van der Waals surface area contributed by atoms with Crippen molar-refractivity contribution in [3.05, 3.63) is 11.7 Å². The van der Waals surface area contributed by atoms with Crippen molar-refractivity contribution >= 4 is 0 Å². The number of rotatable bonds is 7. The van der Waals surface area contributed by atoms with Gasteiger partial charge in [0.15, 0.2) is 5.82 Å². The summed E-state index contributed by atoms with van der Waals surface area (Å²) in [5.74, 6) is 2.14. The number of nitrogens with two attached hydrogens (primary N) is 1. The minimum atomic E-state index is 0.284. The van der Waals surface area contributed by atoms with Crippen LogP contribution in [0, 0.1) is 5.92 Å². The first kappa shape index (κ1) is 13.5. The number of nitrogens with zero attached hydrogens (tertiary/aromatic N) is 2. The molecule has 2 heterocycles. The molecule has 1 aliphatic rings. The Balaban J connectivity index is 1.75. The SMILES string of the molecule is CC(CCN)CCc1nc(CC2CCCO2)no1.